The summed E-state index contributed by atoms with van der Waals surface area (Å²) >= 11 is 0. The highest BCUT2D eigenvalue weighted by Gasteiger charge is 2.41. The normalized spacial score (nSPS) is 12.9. The lowest BCUT2D eigenvalue weighted by Gasteiger charge is -2.05. The van der Waals surface area contributed by atoms with Crippen LogP contribution < -0.4 is 21.1 Å². The third kappa shape index (κ3) is 2.65. The van der Waals surface area contributed by atoms with Crippen molar-refractivity contribution in [3.63, 3.8) is 0 Å². The Kier molecular flexibility index (Phi) is 3.41. The summed E-state index contributed by atoms with van der Waals surface area (Å²) in [4.78, 5) is 21.2. The zero-order valence-electron chi connectivity index (χ0n) is 8.89. The molecule has 18 heavy (non-hydrogen) atoms. The number of carbonyl (C=O) groups is 2. The number of hydrogen-bond donors (Lipinski definition) is 2. The average molecular weight is 280 g/mol. The van der Waals surface area contributed by atoms with Crippen LogP contribution in [0.2, 0.25) is 0 Å². The summed E-state index contributed by atoms with van der Waals surface area (Å²) in [6.45, 7) is 0. The van der Waals surface area contributed by atoms with Gasteiger partial charge in [0.05, 0.1) is 0 Å². The van der Waals surface area contributed by atoms with Crippen LogP contribution in [0, 0.1) is 5.21 Å². The fourth-order valence-electron chi connectivity index (χ4n) is 1.14. The summed E-state index contributed by atoms with van der Waals surface area (Å²) in [6, 6.07) is 0. The summed E-state index contributed by atoms with van der Waals surface area (Å²) in [7, 11) is -4.04. The molecule has 1 aromatic heterocycles. The lowest BCUT2D eigenvalue weighted by atomic mass is 10.3. The van der Waals surface area contributed by atoms with Gasteiger partial charge >= 0.3 is 12.0 Å². The Morgan fingerprint density at radius 1 is 1.50 bits per heavy atom. The molecule has 12 heteroatoms. The number of sulfone groups is 1. The van der Waals surface area contributed by atoms with Crippen LogP contribution in [-0.4, -0.2) is 31.8 Å². The number of hydrogen-bond acceptors (Lipinski definition) is 8. The second-order valence-corrected chi connectivity index (χ2v) is 5.28. The van der Waals surface area contributed by atoms with E-state index in [9.17, 15) is 23.2 Å². The molecule has 0 fully saturated rings. The molecule has 0 spiro atoms. The standard InChI is InChI=1S/C6H8N4O7S/c1-18(14,15)3(4(7)11)2-5(16-6(8)12)10(13)17-9-2/h3H,1H3,(H2,7,11)(H2,8,12). The highest BCUT2D eigenvalue weighted by atomic mass is 32.2. The Morgan fingerprint density at radius 2 is 2.06 bits per heavy atom. The topological polar surface area (TPSA) is 183 Å². The van der Waals surface area contributed by atoms with E-state index in [1.807, 2.05) is 0 Å². The minimum atomic E-state index is -4.04. The first-order valence-corrected chi connectivity index (χ1v) is 6.15. The Labute approximate surface area is 99.7 Å². The lowest BCUT2D eigenvalue weighted by Crippen LogP contribution is -2.33. The van der Waals surface area contributed by atoms with Crippen LogP contribution in [0.5, 0.6) is 5.88 Å². The van der Waals surface area contributed by atoms with Crippen LogP contribution >= 0.6 is 0 Å². The molecule has 0 bridgehead atoms. The van der Waals surface area contributed by atoms with Crippen molar-refractivity contribution in [3.8, 4) is 5.88 Å². The molecule has 100 valence electrons. The Balaban J connectivity index is 3.39. The number of primary amides is 2. The number of carbonyl (C=O) groups excluding carboxylic acids is 2. The summed E-state index contributed by atoms with van der Waals surface area (Å²) in [5, 5.41) is 12.1. The fourth-order valence-corrected chi connectivity index (χ4v) is 2.12. The predicted molar refractivity (Wildman–Crippen MR) is 52.5 cm³/mol. The van der Waals surface area contributed by atoms with E-state index >= 15 is 0 Å². The number of ether oxygens (including phenoxy) is 1. The first-order valence-electron chi connectivity index (χ1n) is 4.19. The first kappa shape index (κ1) is 13.7. The average Bonchev–Trinajstić information content (AvgIpc) is 2.46. The van der Waals surface area contributed by atoms with Crippen molar-refractivity contribution in [3.05, 3.63) is 10.9 Å². The van der Waals surface area contributed by atoms with Gasteiger partial charge in [-0.15, -0.1) is 0 Å². The van der Waals surface area contributed by atoms with Crippen molar-refractivity contribution in [1.82, 2.24) is 5.16 Å². The summed E-state index contributed by atoms with van der Waals surface area (Å²) < 4.78 is 30.9. The van der Waals surface area contributed by atoms with E-state index in [-0.39, 0.29) is 0 Å². The number of aromatic nitrogens is 2. The molecule has 0 aliphatic carbocycles. The third-order valence-electron chi connectivity index (χ3n) is 1.73. The van der Waals surface area contributed by atoms with Crippen molar-refractivity contribution in [2.75, 3.05) is 6.26 Å². The van der Waals surface area contributed by atoms with Crippen molar-refractivity contribution in [1.29, 1.82) is 0 Å². The first-order chi connectivity index (χ1) is 8.14. The Bertz CT molecular complexity index is 591. The maximum Gasteiger partial charge on any atom is 0.412 e. The lowest BCUT2D eigenvalue weighted by molar-refractivity contribution is -0.804. The van der Waals surface area contributed by atoms with Gasteiger partial charge in [0.2, 0.25) is 11.2 Å². The number of rotatable bonds is 4. The maximum atomic E-state index is 11.4. The molecule has 0 aliphatic rings. The molecule has 11 nitrogen and oxygen atoms in total. The van der Waals surface area contributed by atoms with E-state index in [4.69, 9.17) is 5.73 Å². The summed E-state index contributed by atoms with van der Waals surface area (Å²) in [6.07, 6.45) is -0.735. The highest BCUT2D eigenvalue weighted by Crippen LogP contribution is 2.25. The van der Waals surface area contributed by atoms with Crippen LogP contribution in [0.15, 0.2) is 4.63 Å². The smallest absolute Gasteiger partial charge is 0.368 e. The molecule has 0 radical (unpaired) electrons. The largest absolute Gasteiger partial charge is 0.412 e. The quantitative estimate of drug-likeness (QED) is 0.559. The number of nitrogens with zero attached hydrogens (tertiary/aromatic N) is 2. The van der Waals surface area contributed by atoms with Gasteiger partial charge in [-0.3, -0.25) is 9.42 Å². The molecule has 4 N–H and O–H groups in total. The fraction of sp³-hybridized carbons (Fsp3) is 0.333. The van der Waals surface area contributed by atoms with Gasteiger partial charge in [-0.1, -0.05) is 0 Å². The molecule has 0 aromatic carbocycles. The Morgan fingerprint density at radius 3 is 2.44 bits per heavy atom. The van der Waals surface area contributed by atoms with Gasteiger partial charge in [-0.05, 0) is 4.90 Å². The summed E-state index contributed by atoms with van der Waals surface area (Å²) in [5.74, 6) is -2.28. The van der Waals surface area contributed by atoms with Crippen molar-refractivity contribution in [2.24, 2.45) is 11.5 Å². The van der Waals surface area contributed by atoms with Crippen LogP contribution in [0.4, 0.5) is 4.79 Å². The molecule has 1 rings (SSSR count). The summed E-state index contributed by atoms with van der Waals surface area (Å²) in [5.41, 5.74) is 8.79. The van der Waals surface area contributed by atoms with E-state index in [0.717, 1.165) is 0 Å². The molecule has 1 aromatic rings. The van der Waals surface area contributed by atoms with Gasteiger partial charge in [-0.2, -0.15) is 0 Å². The van der Waals surface area contributed by atoms with E-state index in [2.05, 4.69) is 20.3 Å². The van der Waals surface area contributed by atoms with Gasteiger partial charge in [0, 0.05) is 11.4 Å². The third-order valence-corrected chi connectivity index (χ3v) is 3.04. The van der Waals surface area contributed by atoms with Crippen molar-refractivity contribution < 1.29 is 32.3 Å². The minimum absolute atomic E-state index is 0.415. The van der Waals surface area contributed by atoms with Crippen molar-refractivity contribution >= 4 is 21.8 Å². The molecular formula is C6H8N4O7S. The van der Waals surface area contributed by atoms with Gasteiger partial charge in [0.25, 0.3) is 5.69 Å². The van der Waals surface area contributed by atoms with E-state index in [1.165, 1.54) is 0 Å². The van der Waals surface area contributed by atoms with E-state index in [1.54, 1.807) is 0 Å². The molecular weight excluding hydrogens is 272 g/mol. The number of amides is 2. The maximum absolute atomic E-state index is 11.4. The molecule has 1 unspecified atom stereocenters. The SMILES string of the molecule is CS(=O)(=O)C(C(N)=O)c1no[n+]([O-])c1OC(N)=O. The molecule has 2 amide bonds. The highest BCUT2D eigenvalue weighted by molar-refractivity contribution is 7.91. The second kappa shape index (κ2) is 4.48. The molecule has 1 atom stereocenters. The van der Waals surface area contributed by atoms with Crippen LogP contribution in [0.25, 0.3) is 0 Å². The van der Waals surface area contributed by atoms with E-state index < -0.39 is 43.6 Å². The monoisotopic (exact) mass is 280 g/mol. The number of nitrogens with two attached hydrogens (primary N) is 2. The minimum Gasteiger partial charge on any atom is -0.368 e. The zero-order valence-corrected chi connectivity index (χ0v) is 9.71. The van der Waals surface area contributed by atoms with Gasteiger partial charge in [0.15, 0.2) is 9.84 Å². The zero-order chi connectivity index (χ0) is 14.1. The van der Waals surface area contributed by atoms with Crippen LogP contribution in [0.1, 0.15) is 10.9 Å². The second-order valence-electron chi connectivity index (χ2n) is 3.15. The van der Waals surface area contributed by atoms with Gasteiger partial charge in [-0.25, -0.2) is 13.2 Å². The van der Waals surface area contributed by atoms with Crippen molar-refractivity contribution in [2.45, 2.75) is 5.25 Å². The van der Waals surface area contributed by atoms with Gasteiger partial charge < -0.3 is 21.4 Å². The van der Waals surface area contributed by atoms with Crippen LogP contribution in [0.3, 0.4) is 0 Å². The van der Waals surface area contributed by atoms with Crippen LogP contribution in [-0.2, 0) is 14.6 Å². The van der Waals surface area contributed by atoms with E-state index in [0.29, 0.717) is 6.26 Å². The molecule has 0 aliphatic heterocycles. The predicted octanol–water partition coefficient (Wildman–Crippen LogP) is -2.66. The van der Waals surface area contributed by atoms with Gasteiger partial charge in [0.1, 0.15) is 0 Å². The Hall–Kier alpha value is -2.37. The molecule has 0 saturated heterocycles. The molecule has 0 saturated carbocycles. The molecule has 1 heterocycles.